The van der Waals surface area contributed by atoms with E-state index < -0.39 is 0 Å². The lowest BCUT2D eigenvalue weighted by molar-refractivity contribution is 0.979. The quantitative estimate of drug-likeness (QED) is 0.794. The second kappa shape index (κ2) is 4.40. The molecule has 0 radical (unpaired) electrons. The van der Waals surface area contributed by atoms with E-state index in [4.69, 9.17) is 0 Å². The molecule has 0 amide bonds. The molecule has 0 aliphatic rings. The third kappa shape index (κ3) is 2.15. The third-order valence-corrected chi connectivity index (χ3v) is 3.41. The van der Waals surface area contributed by atoms with E-state index in [2.05, 4.69) is 28.8 Å². The molecular formula is C11H13N3S. The molecule has 0 aliphatic carbocycles. The number of pyridine rings is 1. The molecule has 2 aromatic rings. The van der Waals surface area contributed by atoms with Crippen LogP contribution in [0.4, 0.5) is 5.00 Å². The molecule has 0 saturated carbocycles. The smallest absolute Gasteiger partial charge is 0.126 e. The van der Waals surface area contributed by atoms with Crippen LogP contribution in [-0.2, 0) is 0 Å². The average Bonchev–Trinajstić information content (AvgIpc) is 2.78. The van der Waals surface area contributed by atoms with Crippen molar-refractivity contribution in [2.24, 2.45) is 0 Å². The maximum Gasteiger partial charge on any atom is 0.126 e. The predicted molar refractivity (Wildman–Crippen MR) is 64.3 cm³/mol. The highest BCUT2D eigenvalue weighted by molar-refractivity contribution is 7.18. The van der Waals surface area contributed by atoms with E-state index in [-0.39, 0.29) is 0 Å². The highest BCUT2D eigenvalue weighted by atomic mass is 32.1. The van der Waals surface area contributed by atoms with E-state index in [1.807, 2.05) is 24.5 Å². The van der Waals surface area contributed by atoms with Crippen molar-refractivity contribution in [3.05, 3.63) is 30.7 Å². The Morgan fingerprint density at radius 3 is 2.93 bits per heavy atom. The molecule has 2 aromatic heterocycles. The molecule has 0 N–H and O–H groups in total. The predicted octanol–water partition coefficient (Wildman–Crippen LogP) is 2.66. The van der Waals surface area contributed by atoms with Crippen LogP contribution in [-0.4, -0.2) is 23.6 Å². The zero-order valence-corrected chi connectivity index (χ0v) is 9.66. The van der Waals surface area contributed by atoms with Crippen molar-refractivity contribution in [1.82, 2.24) is 9.97 Å². The summed E-state index contributed by atoms with van der Waals surface area (Å²) in [4.78, 5) is 10.7. The average molecular weight is 219 g/mol. The van der Waals surface area contributed by atoms with Crippen molar-refractivity contribution in [3.8, 4) is 10.6 Å². The van der Waals surface area contributed by atoms with Crippen LogP contribution in [0.5, 0.6) is 0 Å². The molecular weight excluding hydrogens is 206 g/mol. The molecule has 0 aromatic carbocycles. The SMILES string of the molecule is CCN(C)c1cnc(-c2cccnc2)s1. The van der Waals surface area contributed by atoms with Gasteiger partial charge in [0.25, 0.3) is 0 Å². The standard InChI is InChI=1S/C11H13N3S/c1-3-14(2)10-8-13-11(15-10)9-5-4-6-12-7-9/h4-8H,3H2,1-2H3. The third-order valence-electron chi connectivity index (χ3n) is 2.25. The number of hydrogen-bond donors (Lipinski definition) is 0. The largest absolute Gasteiger partial charge is 0.365 e. The minimum absolute atomic E-state index is 0.995. The Kier molecular flexibility index (Phi) is 2.97. The van der Waals surface area contributed by atoms with Crippen molar-refractivity contribution in [1.29, 1.82) is 0 Å². The maximum absolute atomic E-state index is 4.39. The normalized spacial score (nSPS) is 10.3. The first-order valence-electron chi connectivity index (χ1n) is 4.88. The van der Waals surface area contributed by atoms with Gasteiger partial charge in [-0.2, -0.15) is 0 Å². The topological polar surface area (TPSA) is 29.0 Å². The highest BCUT2D eigenvalue weighted by Crippen LogP contribution is 2.29. The Balaban J connectivity index is 2.28. The van der Waals surface area contributed by atoms with Gasteiger partial charge in [-0.3, -0.25) is 4.98 Å². The van der Waals surface area contributed by atoms with Crippen molar-refractivity contribution in [3.63, 3.8) is 0 Å². The van der Waals surface area contributed by atoms with Crippen LogP contribution in [0.1, 0.15) is 6.92 Å². The molecule has 2 heterocycles. The van der Waals surface area contributed by atoms with E-state index in [0.717, 1.165) is 17.1 Å². The molecule has 0 aliphatic heterocycles. The van der Waals surface area contributed by atoms with E-state index in [1.165, 1.54) is 5.00 Å². The first-order chi connectivity index (χ1) is 7.31. The van der Waals surface area contributed by atoms with Gasteiger partial charge in [0, 0.05) is 31.5 Å². The van der Waals surface area contributed by atoms with Crippen LogP contribution in [0.3, 0.4) is 0 Å². The molecule has 4 heteroatoms. The van der Waals surface area contributed by atoms with Gasteiger partial charge in [0.2, 0.25) is 0 Å². The number of thiazole rings is 1. The molecule has 78 valence electrons. The fourth-order valence-corrected chi connectivity index (χ4v) is 2.15. The van der Waals surface area contributed by atoms with Gasteiger partial charge in [-0.05, 0) is 19.1 Å². The summed E-state index contributed by atoms with van der Waals surface area (Å²) in [6, 6.07) is 3.96. The summed E-state index contributed by atoms with van der Waals surface area (Å²) in [5, 5.41) is 2.22. The zero-order chi connectivity index (χ0) is 10.7. The monoisotopic (exact) mass is 219 g/mol. The number of rotatable bonds is 3. The molecule has 0 bridgehead atoms. The summed E-state index contributed by atoms with van der Waals surface area (Å²) in [6.07, 6.45) is 5.53. The second-order valence-corrected chi connectivity index (χ2v) is 4.27. The van der Waals surface area contributed by atoms with Gasteiger partial charge in [-0.25, -0.2) is 4.98 Å². The zero-order valence-electron chi connectivity index (χ0n) is 8.84. The molecule has 0 atom stereocenters. The van der Waals surface area contributed by atoms with Crippen LogP contribution < -0.4 is 4.90 Å². The molecule has 0 fully saturated rings. The van der Waals surface area contributed by atoms with Crippen LogP contribution in [0.2, 0.25) is 0 Å². The van der Waals surface area contributed by atoms with E-state index in [9.17, 15) is 0 Å². The lowest BCUT2D eigenvalue weighted by Crippen LogP contribution is -2.13. The Morgan fingerprint density at radius 1 is 1.40 bits per heavy atom. The number of hydrogen-bond acceptors (Lipinski definition) is 4. The summed E-state index contributed by atoms with van der Waals surface area (Å²) >= 11 is 1.69. The van der Waals surface area contributed by atoms with Crippen molar-refractivity contribution < 1.29 is 0 Å². The molecule has 0 saturated heterocycles. The Bertz CT molecular complexity index is 424. The van der Waals surface area contributed by atoms with Crippen LogP contribution in [0.15, 0.2) is 30.7 Å². The van der Waals surface area contributed by atoms with E-state index >= 15 is 0 Å². The van der Waals surface area contributed by atoms with E-state index in [1.54, 1.807) is 17.5 Å². The summed E-state index contributed by atoms with van der Waals surface area (Å²) < 4.78 is 0. The van der Waals surface area contributed by atoms with Crippen LogP contribution >= 0.6 is 11.3 Å². The van der Waals surface area contributed by atoms with Crippen molar-refractivity contribution in [2.45, 2.75) is 6.92 Å². The summed E-state index contributed by atoms with van der Waals surface area (Å²) in [6.45, 7) is 3.12. The van der Waals surface area contributed by atoms with Gasteiger partial charge >= 0.3 is 0 Å². The first-order valence-corrected chi connectivity index (χ1v) is 5.70. The Hall–Kier alpha value is -1.42. The first kappa shape index (κ1) is 10.1. The van der Waals surface area contributed by atoms with Gasteiger partial charge in [0.1, 0.15) is 10.0 Å². The van der Waals surface area contributed by atoms with Gasteiger partial charge < -0.3 is 4.90 Å². The number of aromatic nitrogens is 2. The fraction of sp³-hybridized carbons (Fsp3) is 0.273. The number of nitrogens with zero attached hydrogens (tertiary/aromatic N) is 3. The Labute approximate surface area is 93.4 Å². The molecule has 3 nitrogen and oxygen atoms in total. The number of anilines is 1. The van der Waals surface area contributed by atoms with Gasteiger partial charge in [-0.15, -0.1) is 0 Å². The minimum Gasteiger partial charge on any atom is -0.365 e. The van der Waals surface area contributed by atoms with Crippen molar-refractivity contribution in [2.75, 3.05) is 18.5 Å². The maximum atomic E-state index is 4.39. The minimum atomic E-state index is 0.995. The Morgan fingerprint density at radius 2 is 2.27 bits per heavy atom. The molecule has 2 rings (SSSR count). The molecule has 0 spiro atoms. The fourth-order valence-electron chi connectivity index (χ4n) is 1.22. The summed E-state index contributed by atoms with van der Waals surface area (Å²) in [7, 11) is 2.07. The van der Waals surface area contributed by atoms with E-state index in [0.29, 0.717) is 0 Å². The molecule has 0 unspecified atom stereocenters. The highest BCUT2D eigenvalue weighted by Gasteiger charge is 2.06. The van der Waals surface area contributed by atoms with Crippen LogP contribution in [0, 0.1) is 0 Å². The second-order valence-electron chi connectivity index (χ2n) is 3.26. The van der Waals surface area contributed by atoms with Crippen LogP contribution in [0.25, 0.3) is 10.6 Å². The lowest BCUT2D eigenvalue weighted by atomic mass is 10.3. The molecule has 15 heavy (non-hydrogen) atoms. The lowest BCUT2D eigenvalue weighted by Gasteiger charge is -2.11. The van der Waals surface area contributed by atoms with Gasteiger partial charge in [0.15, 0.2) is 0 Å². The summed E-state index contributed by atoms with van der Waals surface area (Å²) in [5.74, 6) is 0. The van der Waals surface area contributed by atoms with Crippen molar-refractivity contribution >= 4 is 16.3 Å². The van der Waals surface area contributed by atoms with Gasteiger partial charge in [0.05, 0.1) is 6.20 Å². The van der Waals surface area contributed by atoms with Gasteiger partial charge in [-0.1, -0.05) is 11.3 Å². The summed E-state index contributed by atoms with van der Waals surface area (Å²) in [5.41, 5.74) is 1.08.